The van der Waals surface area contributed by atoms with E-state index in [2.05, 4.69) is 0 Å². The van der Waals surface area contributed by atoms with Gasteiger partial charge in [-0.25, -0.2) is 0 Å². The van der Waals surface area contributed by atoms with Gasteiger partial charge in [0.1, 0.15) is 24.4 Å². The molecule has 1 aliphatic heterocycles. The molecule has 0 aromatic rings. The molecule has 0 radical (unpaired) electrons. The summed E-state index contributed by atoms with van der Waals surface area (Å²) in [5.41, 5.74) is -2.01. The lowest BCUT2D eigenvalue weighted by molar-refractivity contribution is -0.166. The molecule has 1 aliphatic rings. The zero-order valence-corrected chi connectivity index (χ0v) is 8.61. The third kappa shape index (κ3) is 2.97. The second-order valence-electron chi connectivity index (χ2n) is 3.94. The van der Waals surface area contributed by atoms with Crippen molar-refractivity contribution in [1.29, 1.82) is 0 Å². The molecule has 1 saturated heterocycles. The third-order valence-corrected chi connectivity index (χ3v) is 2.59. The van der Waals surface area contributed by atoms with Crippen molar-refractivity contribution in [3.63, 3.8) is 0 Å². The van der Waals surface area contributed by atoms with E-state index in [1.165, 1.54) is 0 Å². The van der Waals surface area contributed by atoms with Crippen molar-refractivity contribution in [1.82, 2.24) is 0 Å². The Bertz CT molecular complexity index is 252. The molecule has 1 rings (SSSR count). The van der Waals surface area contributed by atoms with Crippen LogP contribution in [0.2, 0.25) is 0 Å². The largest absolute Gasteiger partial charge is 0.393 e. The van der Waals surface area contributed by atoms with Crippen LogP contribution in [0.25, 0.3) is 0 Å². The molecule has 16 heavy (non-hydrogen) atoms. The van der Waals surface area contributed by atoms with E-state index in [1.807, 2.05) is 0 Å². The highest BCUT2D eigenvalue weighted by Gasteiger charge is 2.45. The van der Waals surface area contributed by atoms with Crippen LogP contribution in [0.15, 0.2) is 0 Å². The molecule has 5 N–H and O–H groups in total. The molecular weight excluding hydrogens is 220 g/mol. The lowest BCUT2D eigenvalue weighted by atomic mass is 9.87. The standard InChI is InChI=1S/C9H16O7/c10-2-6(12)7(13)8(14)9(15,4-11)1-5-3-16-5/h5,7-8,10-11,13-15H,1-4H2/t5?,7-,8+,9-/m1/s1. The molecule has 7 heteroatoms. The molecule has 0 spiro atoms. The number of hydrogen-bond donors (Lipinski definition) is 5. The molecule has 0 bridgehead atoms. The van der Waals surface area contributed by atoms with Gasteiger partial charge in [-0.15, -0.1) is 0 Å². The van der Waals surface area contributed by atoms with Gasteiger partial charge < -0.3 is 30.3 Å². The normalized spacial score (nSPS) is 26.9. The van der Waals surface area contributed by atoms with Crippen molar-refractivity contribution in [3.05, 3.63) is 0 Å². The lowest BCUT2D eigenvalue weighted by Gasteiger charge is -2.32. The van der Waals surface area contributed by atoms with E-state index in [-0.39, 0.29) is 12.5 Å². The predicted octanol–water partition coefficient (Wildman–Crippen LogP) is -3.22. The van der Waals surface area contributed by atoms with Crippen LogP contribution < -0.4 is 0 Å². The molecule has 1 unspecified atom stereocenters. The molecule has 0 aromatic carbocycles. The van der Waals surface area contributed by atoms with Crippen LogP contribution in [-0.2, 0) is 9.53 Å². The zero-order valence-electron chi connectivity index (χ0n) is 8.61. The number of carbonyl (C=O) groups is 1. The molecule has 0 saturated carbocycles. The SMILES string of the molecule is O=C(CO)[C@@H](O)[C@H](O)[C@](O)(CO)CC1CO1. The molecule has 0 aromatic heterocycles. The topological polar surface area (TPSA) is 131 Å². The molecule has 1 heterocycles. The van der Waals surface area contributed by atoms with Crippen LogP contribution in [0, 0.1) is 0 Å². The Morgan fingerprint density at radius 3 is 2.38 bits per heavy atom. The van der Waals surface area contributed by atoms with E-state index in [9.17, 15) is 20.1 Å². The number of rotatable bonds is 7. The summed E-state index contributed by atoms with van der Waals surface area (Å²) in [5, 5.41) is 46.2. The summed E-state index contributed by atoms with van der Waals surface area (Å²) in [6.07, 6.45) is -4.16. The van der Waals surface area contributed by atoms with Crippen LogP contribution in [-0.4, -0.2) is 75.0 Å². The molecule has 4 atom stereocenters. The van der Waals surface area contributed by atoms with E-state index in [1.54, 1.807) is 0 Å². The summed E-state index contributed by atoms with van der Waals surface area (Å²) in [7, 11) is 0. The first-order chi connectivity index (χ1) is 7.44. The summed E-state index contributed by atoms with van der Waals surface area (Å²) >= 11 is 0. The first-order valence-corrected chi connectivity index (χ1v) is 4.89. The molecule has 0 aliphatic carbocycles. The number of ether oxygens (including phenoxy) is 1. The van der Waals surface area contributed by atoms with Gasteiger partial charge in [-0.05, 0) is 0 Å². The van der Waals surface area contributed by atoms with Gasteiger partial charge in [0.2, 0.25) is 0 Å². The predicted molar refractivity (Wildman–Crippen MR) is 50.5 cm³/mol. The minimum absolute atomic E-state index is 0.0829. The van der Waals surface area contributed by atoms with E-state index in [0.717, 1.165) is 0 Å². The van der Waals surface area contributed by atoms with Gasteiger partial charge in [-0.3, -0.25) is 4.79 Å². The van der Waals surface area contributed by atoms with Gasteiger partial charge in [-0.1, -0.05) is 0 Å². The van der Waals surface area contributed by atoms with Gasteiger partial charge in [0.05, 0.1) is 19.3 Å². The Morgan fingerprint density at radius 2 is 2.00 bits per heavy atom. The average molecular weight is 236 g/mol. The number of epoxide rings is 1. The highest BCUT2D eigenvalue weighted by atomic mass is 16.6. The van der Waals surface area contributed by atoms with Crippen LogP contribution in [0.3, 0.4) is 0 Å². The van der Waals surface area contributed by atoms with Crippen molar-refractivity contribution in [3.8, 4) is 0 Å². The number of Topliss-reactive ketones (excluding diaryl/α,β-unsaturated/α-hetero) is 1. The lowest BCUT2D eigenvalue weighted by Crippen LogP contribution is -2.55. The Balaban J connectivity index is 2.65. The summed E-state index contributed by atoms with van der Waals surface area (Å²) in [6, 6.07) is 0. The van der Waals surface area contributed by atoms with E-state index in [0.29, 0.717) is 6.61 Å². The fourth-order valence-corrected chi connectivity index (χ4v) is 1.42. The Hall–Kier alpha value is -0.570. The highest BCUT2D eigenvalue weighted by Crippen LogP contribution is 2.26. The molecule has 94 valence electrons. The van der Waals surface area contributed by atoms with Crippen molar-refractivity contribution in [2.24, 2.45) is 0 Å². The maximum absolute atomic E-state index is 10.9. The fourth-order valence-electron chi connectivity index (χ4n) is 1.42. The average Bonchev–Trinajstić information content (AvgIpc) is 3.09. The monoisotopic (exact) mass is 236 g/mol. The van der Waals surface area contributed by atoms with Gasteiger partial charge in [-0.2, -0.15) is 0 Å². The third-order valence-electron chi connectivity index (χ3n) is 2.59. The summed E-state index contributed by atoms with van der Waals surface area (Å²) in [6.45, 7) is -1.36. The first-order valence-electron chi connectivity index (χ1n) is 4.89. The van der Waals surface area contributed by atoms with Crippen molar-refractivity contribution < 1.29 is 35.1 Å². The molecule has 1 fully saturated rings. The van der Waals surface area contributed by atoms with Crippen molar-refractivity contribution in [2.75, 3.05) is 19.8 Å². The Kier molecular flexibility index (Phi) is 4.36. The van der Waals surface area contributed by atoms with Gasteiger partial charge in [0.15, 0.2) is 5.78 Å². The van der Waals surface area contributed by atoms with Gasteiger partial charge in [0.25, 0.3) is 0 Å². The summed E-state index contributed by atoms with van der Waals surface area (Å²) in [4.78, 5) is 10.9. The van der Waals surface area contributed by atoms with Crippen LogP contribution in [0.5, 0.6) is 0 Å². The van der Waals surface area contributed by atoms with Crippen LogP contribution >= 0.6 is 0 Å². The quantitative estimate of drug-likeness (QED) is 0.294. The highest BCUT2D eigenvalue weighted by molar-refractivity contribution is 5.84. The zero-order chi connectivity index (χ0) is 12.3. The van der Waals surface area contributed by atoms with Crippen molar-refractivity contribution in [2.45, 2.75) is 30.3 Å². The maximum atomic E-state index is 10.9. The van der Waals surface area contributed by atoms with E-state index >= 15 is 0 Å². The minimum atomic E-state index is -2.01. The number of aliphatic hydroxyl groups excluding tert-OH is 4. The number of ketones is 1. The smallest absolute Gasteiger partial charge is 0.189 e. The fraction of sp³-hybridized carbons (Fsp3) is 0.889. The van der Waals surface area contributed by atoms with Gasteiger partial charge >= 0.3 is 0 Å². The van der Waals surface area contributed by atoms with E-state index in [4.69, 9.17) is 14.9 Å². The van der Waals surface area contributed by atoms with Crippen molar-refractivity contribution >= 4 is 5.78 Å². The molecule has 7 nitrogen and oxygen atoms in total. The van der Waals surface area contributed by atoms with Crippen LogP contribution in [0.4, 0.5) is 0 Å². The van der Waals surface area contributed by atoms with E-state index < -0.39 is 36.8 Å². The minimum Gasteiger partial charge on any atom is -0.393 e. The first kappa shape index (κ1) is 13.5. The second-order valence-corrected chi connectivity index (χ2v) is 3.94. The maximum Gasteiger partial charge on any atom is 0.189 e. The Morgan fingerprint density at radius 1 is 1.44 bits per heavy atom. The molecular formula is C9H16O7. The summed E-state index contributed by atoms with van der Waals surface area (Å²) in [5.74, 6) is -1.02. The molecule has 0 amide bonds. The van der Waals surface area contributed by atoms with Gasteiger partial charge in [0, 0.05) is 6.42 Å². The number of hydrogen-bond acceptors (Lipinski definition) is 7. The number of aliphatic hydroxyl groups is 5. The second kappa shape index (κ2) is 5.17. The Labute approximate surface area is 91.9 Å². The van der Waals surface area contributed by atoms with Crippen LogP contribution in [0.1, 0.15) is 6.42 Å². The number of carbonyl (C=O) groups excluding carboxylic acids is 1. The summed E-state index contributed by atoms with van der Waals surface area (Å²) < 4.78 is 4.82.